The molecule has 3 atom stereocenters. The quantitative estimate of drug-likeness (QED) is 0.289. The molecule has 0 radical (unpaired) electrons. The molecule has 3 unspecified atom stereocenters. The number of hydrogen-bond donors (Lipinski definition) is 3. The zero-order chi connectivity index (χ0) is 12.7. The van der Waals surface area contributed by atoms with E-state index in [0.717, 1.165) is 12.5 Å². The lowest BCUT2D eigenvalue weighted by Crippen LogP contribution is -2.47. The van der Waals surface area contributed by atoms with E-state index in [0.29, 0.717) is 18.5 Å². The van der Waals surface area contributed by atoms with Gasteiger partial charge in [-0.1, -0.05) is 19.8 Å². The van der Waals surface area contributed by atoms with Gasteiger partial charge in [-0.25, -0.2) is 5.84 Å². The Morgan fingerprint density at radius 1 is 1.53 bits per heavy atom. The normalized spacial score (nSPS) is 26.9. The third-order valence-electron chi connectivity index (χ3n) is 3.46. The Hall–Kier alpha value is -0.810. The van der Waals surface area contributed by atoms with Gasteiger partial charge in [0.2, 0.25) is 5.96 Å². The van der Waals surface area contributed by atoms with Crippen LogP contribution < -0.4 is 16.6 Å². The van der Waals surface area contributed by atoms with Crippen molar-refractivity contribution in [1.82, 2.24) is 10.7 Å². The van der Waals surface area contributed by atoms with Crippen molar-refractivity contribution in [1.29, 1.82) is 0 Å². The molecule has 0 saturated heterocycles. The highest BCUT2D eigenvalue weighted by molar-refractivity contribution is 5.79. The summed E-state index contributed by atoms with van der Waals surface area (Å²) in [4.78, 5) is 4.51. The first-order valence-electron chi connectivity index (χ1n) is 6.44. The summed E-state index contributed by atoms with van der Waals surface area (Å²) >= 11 is 0. The first kappa shape index (κ1) is 14.3. The van der Waals surface area contributed by atoms with E-state index in [1.807, 2.05) is 6.92 Å². The minimum absolute atomic E-state index is 0.204. The largest absolute Gasteiger partial charge is 0.383 e. The average Bonchev–Trinajstić information content (AvgIpc) is 2.70. The minimum atomic E-state index is 0.204. The fourth-order valence-electron chi connectivity index (χ4n) is 2.36. The second kappa shape index (κ2) is 7.50. The zero-order valence-corrected chi connectivity index (χ0v) is 11.2. The van der Waals surface area contributed by atoms with Gasteiger partial charge in [-0.3, -0.25) is 10.4 Å². The average molecular weight is 242 g/mol. The minimum Gasteiger partial charge on any atom is -0.383 e. The number of guanidine groups is 1. The summed E-state index contributed by atoms with van der Waals surface area (Å²) in [6, 6.07) is 0.204. The molecule has 5 nitrogen and oxygen atoms in total. The van der Waals surface area contributed by atoms with Gasteiger partial charge in [-0.05, 0) is 25.2 Å². The molecule has 0 amide bonds. The van der Waals surface area contributed by atoms with Gasteiger partial charge in [-0.2, -0.15) is 0 Å². The maximum absolute atomic E-state index is 5.45. The summed E-state index contributed by atoms with van der Waals surface area (Å²) in [5.41, 5.74) is 2.61. The van der Waals surface area contributed by atoms with Crippen molar-refractivity contribution >= 4 is 5.96 Å². The number of ether oxygens (including phenoxy) is 1. The molecule has 0 aromatic carbocycles. The van der Waals surface area contributed by atoms with Crippen molar-refractivity contribution in [3.05, 3.63) is 0 Å². The molecule has 0 aromatic heterocycles. The predicted octanol–water partition coefficient (Wildman–Crippen LogP) is 0.866. The molecule has 1 aliphatic rings. The molecule has 0 aliphatic heterocycles. The second-order valence-electron chi connectivity index (χ2n) is 5.00. The molecule has 17 heavy (non-hydrogen) atoms. The Kier molecular flexibility index (Phi) is 6.29. The maximum Gasteiger partial charge on any atom is 0.206 e. The molecule has 0 bridgehead atoms. The van der Waals surface area contributed by atoms with Crippen LogP contribution in [0.15, 0.2) is 4.99 Å². The van der Waals surface area contributed by atoms with E-state index < -0.39 is 0 Å². The van der Waals surface area contributed by atoms with Crippen LogP contribution >= 0.6 is 0 Å². The lowest BCUT2D eigenvalue weighted by Gasteiger charge is -2.17. The molecule has 1 rings (SSSR count). The highest BCUT2D eigenvalue weighted by Crippen LogP contribution is 2.31. The zero-order valence-electron chi connectivity index (χ0n) is 11.2. The molecular formula is C12H26N4O. The molecule has 0 aromatic rings. The van der Waals surface area contributed by atoms with Crippen LogP contribution in [0.25, 0.3) is 0 Å². The fourth-order valence-corrected chi connectivity index (χ4v) is 2.36. The van der Waals surface area contributed by atoms with Crippen molar-refractivity contribution < 1.29 is 4.74 Å². The molecule has 4 N–H and O–H groups in total. The van der Waals surface area contributed by atoms with Gasteiger partial charge in [-0.15, -0.1) is 0 Å². The van der Waals surface area contributed by atoms with Crippen LogP contribution in [-0.2, 0) is 4.74 Å². The Balaban J connectivity index is 2.37. The van der Waals surface area contributed by atoms with Crippen molar-refractivity contribution in [2.75, 3.05) is 20.3 Å². The summed E-state index contributed by atoms with van der Waals surface area (Å²) in [7, 11) is 1.69. The Labute approximate surface area is 104 Å². The summed E-state index contributed by atoms with van der Waals surface area (Å²) in [5, 5.41) is 3.20. The molecule has 5 heteroatoms. The third kappa shape index (κ3) is 4.91. The topological polar surface area (TPSA) is 71.7 Å². The van der Waals surface area contributed by atoms with Gasteiger partial charge in [0.15, 0.2) is 0 Å². The SMILES string of the molecule is COCC(C)NC(=NCC1CCCC1C)NN. The lowest BCUT2D eigenvalue weighted by molar-refractivity contribution is 0.179. The van der Waals surface area contributed by atoms with E-state index >= 15 is 0 Å². The van der Waals surface area contributed by atoms with Crippen LogP contribution in [0.1, 0.15) is 33.1 Å². The highest BCUT2D eigenvalue weighted by Gasteiger charge is 2.22. The van der Waals surface area contributed by atoms with Crippen molar-refractivity contribution in [2.24, 2.45) is 22.7 Å². The maximum atomic E-state index is 5.45. The van der Waals surface area contributed by atoms with Crippen LogP contribution in [0.4, 0.5) is 0 Å². The van der Waals surface area contributed by atoms with Crippen LogP contribution in [-0.4, -0.2) is 32.3 Å². The molecular weight excluding hydrogens is 216 g/mol. The van der Waals surface area contributed by atoms with E-state index in [2.05, 4.69) is 22.7 Å². The highest BCUT2D eigenvalue weighted by atomic mass is 16.5. The number of hydrazine groups is 1. The van der Waals surface area contributed by atoms with Gasteiger partial charge in [0.25, 0.3) is 0 Å². The van der Waals surface area contributed by atoms with Gasteiger partial charge in [0.1, 0.15) is 0 Å². The molecule has 0 heterocycles. The van der Waals surface area contributed by atoms with Crippen molar-refractivity contribution in [3.8, 4) is 0 Å². The number of nitrogens with one attached hydrogen (secondary N) is 2. The van der Waals surface area contributed by atoms with Crippen molar-refractivity contribution in [2.45, 2.75) is 39.2 Å². The molecule has 0 spiro atoms. The molecule has 1 aliphatic carbocycles. The number of aliphatic imine (C=N–C) groups is 1. The van der Waals surface area contributed by atoms with Crippen LogP contribution in [0.2, 0.25) is 0 Å². The van der Waals surface area contributed by atoms with E-state index in [-0.39, 0.29) is 6.04 Å². The first-order chi connectivity index (χ1) is 8.17. The standard InChI is InChI=1S/C12H26N4O/c1-9-5-4-6-11(9)7-14-12(16-13)15-10(2)8-17-3/h9-11H,4-8,13H2,1-3H3,(H2,14,15,16). The van der Waals surface area contributed by atoms with Gasteiger partial charge in [0, 0.05) is 19.7 Å². The summed E-state index contributed by atoms with van der Waals surface area (Å²) < 4.78 is 5.06. The predicted molar refractivity (Wildman–Crippen MR) is 70.6 cm³/mol. The van der Waals surface area contributed by atoms with Crippen LogP contribution in [0.5, 0.6) is 0 Å². The van der Waals surface area contributed by atoms with E-state index in [9.17, 15) is 0 Å². The van der Waals surface area contributed by atoms with Gasteiger partial charge >= 0.3 is 0 Å². The van der Waals surface area contributed by atoms with Crippen molar-refractivity contribution in [3.63, 3.8) is 0 Å². The van der Waals surface area contributed by atoms with E-state index in [4.69, 9.17) is 10.6 Å². The molecule has 100 valence electrons. The molecule has 1 fully saturated rings. The Bertz CT molecular complexity index is 245. The Morgan fingerprint density at radius 3 is 2.82 bits per heavy atom. The number of rotatable bonds is 5. The lowest BCUT2D eigenvalue weighted by atomic mass is 9.99. The smallest absolute Gasteiger partial charge is 0.206 e. The summed E-state index contributed by atoms with van der Waals surface area (Å²) in [6.07, 6.45) is 3.95. The number of hydrogen-bond acceptors (Lipinski definition) is 3. The first-order valence-corrected chi connectivity index (χ1v) is 6.44. The van der Waals surface area contributed by atoms with Crippen LogP contribution in [0, 0.1) is 11.8 Å². The summed E-state index contributed by atoms with van der Waals surface area (Å²) in [5.74, 6) is 7.61. The summed E-state index contributed by atoms with van der Waals surface area (Å²) in [6.45, 7) is 5.84. The fraction of sp³-hybridized carbons (Fsp3) is 0.917. The number of methoxy groups -OCH3 is 1. The van der Waals surface area contributed by atoms with Gasteiger partial charge < -0.3 is 10.1 Å². The molecule has 1 saturated carbocycles. The second-order valence-corrected chi connectivity index (χ2v) is 5.00. The number of nitrogens with zero attached hydrogens (tertiary/aromatic N) is 1. The van der Waals surface area contributed by atoms with E-state index in [1.165, 1.54) is 19.3 Å². The third-order valence-corrected chi connectivity index (χ3v) is 3.46. The number of nitrogens with two attached hydrogens (primary N) is 1. The van der Waals surface area contributed by atoms with Crippen LogP contribution in [0.3, 0.4) is 0 Å². The Morgan fingerprint density at radius 2 is 2.29 bits per heavy atom. The van der Waals surface area contributed by atoms with E-state index in [1.54, 1.807) is 7.11 Å². The monoisotopic (exact) mass is 242 g/mol. The van der Waals surface area contributed by atoms with Gasteiger partial charge in [0.05, 0.1) is 6.61 Å².